The summed E-state index contributed by atoms with van der Waals surface area (Å²) in [4.78, 5) is 0. The van der Waals surface area contributed by atoms with Gasteiger partial charge in [-0.1, -0.05) is 0 Å². The van der Waals surface area contributed by atoms with Crippen molar-refractivity contribution in [3.05, 3.63) is 0 Å². The molecule has 3 atom stereocenters. The zero-order chi connectivity index (χ0) is 10.9. The van der Waals surface area contributed by atoms with Gasteiger partial charge < -0.3 is 10.1 Å². The fraction of sp³-hybridized carbons (Fsp3) is 1.00. The van der Waals surface area contributed by atoms with Crippen LogP contribution in [0, 0.1) is 0 Å². The first-order valence-electron chi connectivity index (χ1n) is 5.66. The molecule has 15 heavy (non-hydrogen) atoms. The van der Waals surface area contributed by atoms with Crippen LogP contribution in [0.5, 0.6) is 0 Å². The van der Waals surface area contributed by atoms with Crippen LogP contribution in [0.2, 0.25) is 0 Å². The van der Waals surface area contributed by atoms with Crippen molar-refractivity contribution in [2.75, 3.05) is 18.1 Å². The van der Waals surface area contributed by atoms with Gasteiger partial charge in [0.2, 0.25) is 0 Å². The second-order valence-corrected chi connectivity index (χ2v) is 6.81. The zero-order valence-electron chi connectivity index (χ0n) is 9.11. The molecule has 3 unspecified atom stereocenters. The third kappa shape index (κ3) is 2.92. The van der Waals surface area contributed by atoms with Gasteiger partial charge in [-0.25, -0.2) is 8.42 Å². The Bertz CT molecular complexity index is 315. The third-order valence-electron chi connectivity index (χ3n) is 3.25. The molecule has 0 radical (unpaired) electrons. The lowest BCUT2D eigenvalue weighted by molar-refractivity contribution is -0.0295. The average molecular weight is 233 g/mol. The Hall–Kier alpha value is -0.130. The van der Waals surface area contributed by atoms with Crippen molar-refractivity contribution in [2.24, 2.45) is 0 Å². The van der Waals surface area contributed by atoms with E-state index in [1.807, 2.05) is 0 Å². The van der Waals surface area contributed by atoms with E-state index in [9.17, 15) is 8.42 Å². The van der Waals surface area contributed by atoms with Gasteiger partial charge in [-0.2, -0.15) is 0 Å². The summed E-state index contributed by atoms with van der Waals surface area (Å²) >= 11 is 0. The summed E-state index contributed by atoms with van der Waals surface area (Å²) in [5.41, 5.74) is 0. The first-order chi connectivity index (χ1) is 7.07. The smallest absolute Gasteiger partial charge is 0.152 e. The lowest BCUT2D eigenvalue weighted by Gasteiger charge is -2.31. The quantitative estimate of drug-likeness (QED) is 0.747. The predicted molar refractivity (Wildman–Crippen MR) is 58.6 cm³/mol. The molecular formula is C10H19NO3S. The molecule has 0 bridgehead atoms. The van der Waals surface area contributed by atoms with E-state index in [1.165, 1.54) is 0 Å². The van der Waals surface area contributed by atoms with Crippen LogP contribution in [0.4, 0.5) is 0 Å². The summed E-state index contributed by atoms with van der Waals surface area (Å²) in [6, 6.07) is 0.349. The summed E-state index contributed by atoms with van der Waals surface area (Å²) in [5.74, 6) is 0.516. The van der Waals surface area contributed by atoms with Gasteiger partial charge in [-0.05, 0) is 32.7 Å². The van der Waals surface area contributed by atoms with Gasteiger partial charge in [0.05, 0.1) is 23.7 Å². The minimum absolute atomic E-state index is 0.0673. The normalized spacial score (nSPS) is 40.5. The van der Waals surface area contributed by atoms with Crippen molar-refractivity contribution < 1.29 is 13.2 Å². The van der Waals surface area contributed by atoms with Crippen molar-refractivity contribution in [2.45, 2.75) is 44.4 Å². The highest BCUT2D eigenvalue weighted by Gasteiger charge is 2.32. The van der Waals surface area contributed by atoms with E-state index in [2.05, 4.69) is 12.2 Å². The molecule has 0 spiro atoms. The SMILES string of the molecule is CC1NCCCC1OC1CCS(=O)(=O)C1. The van der Waals surface area contributed by atoms with Crippen LogP contribution in [-0.2, 0) is 14.6 Å². The average Bonchev–Trinajstić information content (AvgIpc) is 2.50. The molecule has 0 saturated carbocycles. The highest BCUT2D eigenvalue weighted by Crippen LogP contribution is 2.21. The summed E-state index contributed by atoms with van der Waals surface area (Å²) in [5, 5.41) is 3.35. The predicted octanol–water partition coefficient (Wildman–Crippen LogP) is 0.331. The lowest BCUT2D eigenvalue weighted by Crippen LogP contribution is -2.45. The van der Waals surface area contributed by atoms with Crippen molar-refractivity contribution >= 4 is 9.84 Å². The van der Waals surface area contributed by atoms with Crippen LogP contribution < -0.4 is 5.32 Å². The molecule has 5 heteroatoms. The van der Waals surface area contributed by atoms with Crippen molar-refractivity contribution in [3.8, 4) is 0 Å². The molecule has 0 aliphatic carbocycles. The van der Waals surface area contributed by atoms with Gasteiger partial charge in [-0.3, -0.25) is 0 Å². The number of piperidine rings is 1. The molecule has 2 saturated heterocycles. The number of hydrogen-bond donors (Lipinski definition) is 1. The highest BCUT2D eigenvalue weighted by molar-refractivity contribution is 7.91. The zero-order valence-corrected chi connectivity index (χ0v) is 9.92. The van der Waals surface area contributed by atoms with E-state index in [1.54, 1.807) is 0 Å². The molecule has 2 aliphatic heterocycles. The van der Waals surface area contributed by atoms with Gasteiger partial charge in [0.15, 0.2) is 9.84 Å². The second kappa shape index (κ2) is 4.39. The van der Waals surface area contributed by atoms with Crippen LogP contribution in [0.25, 0.3) is 0 Å². The number of sulfone groups is 1. The minimum atomic E-state index is -2.81. The van der Waals surface area contributed by atoms with Gasteiger partial charge in [0.1, 0.15) is 0 Å². The molecule has 0 aromatic heterocycles. The van der Waals surface area contributed by atoms with E-state index in [0.717, 1.165) is 19.4 Å². The van der Waals surface area contributed by atoms with Crippen molar-refractivity contribution in [1.82, 2.24) is 5.32 Å². The Morgan fingerprint density at radius 2 is 2.13 bits per heavy atom. The Kier molecular flexibility index (Phi) is 3.33. The lowest BCUT2D eigenvalue weighted by atomic mass is 10.0. The van der Waals surface area contributed by atoms with Crippen LogP contribution in [0.15, 0.2) is 0 Å². The Morgan fingerprint density at radius 3 is 2.73 bits per heavy atom. The topological polar surface area (TPSA) is 55.4 Å². The molecule has 88 valence electrons. The number of hydrogen-bond acceptors (Lipinski definition) is 4. The van der Waals surface area contributed by atoms with Gasteiger partial charge in [0, 0.05) is 6.04 Å². The number of nitrogens with one attached hydrogen (secondary N) is 1. The standard InChI is InChI=1S/C10H19NO3S/c1-8-10(3-2-5-11-8)14-9-4-6-15(12,13)7-9/h8-11H,2-7H2,1H3. The van der Waals surface area contributed by atoms with Crippen LogP contribution in [-0.4, -0.2) is 44.7 Å². The maximum absolute atomic E-state index is 11.3. The largest absolute Gasteiger partial charge is 0.372 e. The van der Waals surface area contributed by atoms with Crippen LogP contribution >= 0.6 is 0 Å². The molecule has 2 rings (SSSR count). The summed E-state index contributed by atoms with van der Waals surface area (Å²) in [7, 11) is -2.81. The first-order valence-corrected chi connectivity index (χ1v) is 7.48. The van der Waals surface area contributed by atoms with Crippen LogP contribution in [0.1, 0.15) is 26.2 Å². The molecule has 2 aliphatic rings. The Balaban J connectivity index is 1.86. The maximum Gasteiger partial charge on any atom is 0.152 e. The summed E-state index contributed by atoms with van der Waals surface area (Å²) < 4.78 is 28.4. The van der Waals surface area contributed by atoms with Crippen molar-refractivity contribution in [3.63, 3.8) is 0 Å². The first kappa shape index (κ1) is 11.4. The minimum Gasteiger partial charge on any atom is -0.372 e. The van der Waals surface area contributed by atoms with Gasteiger partial charge in [0.25, 0.3) is 0 Å². The number of ether oxygens (including phenoxy) is 1. The molecular weight excluding hydrogens is 214 g/mol. The summed E-state index contributed by atoms with van der Waals surface area (Å²) in [6.45, 7) is 3.15. The monoisotopic (exact) mass is 233 g/mol. The van der Waals surface area contributed by atoms with Gasteiger partial charge in [-0.15, -0.1) is 0 Å². The number of rotatable bonds is 2. The molecule has 2 fully saturated rings. The Labute approximate surface area is 91.3 Å². The highest BCUT2D eigenvalue weighted by atomic mass is 32.2. The molecule has 4 nitrogen and oxygen atoms in total. The summed E-state index contributed by atoms with van der Waals surface area (Å²) in [6.07, 6.45) is 2.96. The molecule has 0 aromatic carbocycles. The maximum atomic E-state index is 11.3. The Morgan fingerprint density at radius 1 is 1.33 bits per heavy atom. The van der Waals surface area contributed by atoms with E-state index < -0.39 is 9.84 Å². The fourth-order valence-corrected chi connectivity index (χ4v) is 3.92. The molecule has 0 amide bonds. The fourth-order valence-electron chi connectivity index (χ4n) is 2.32. The van der Waals surface area contributed by atoms with Crippen molar-refractivity contribution in [1.29, 1.82) is 0 Å². The van der Waals surface area contributed by atoms with Gasteiger partial charge >= 0.3 is 0 Å². The van der Waals surface area contributed by atoms with E-state index in [4.69, 9.17) is 4.74 Å². The van der Waals surface area contributed by atoms with Crippen LogP contribution in [0.3, 0.4) is 0 Å². The van der Waals surface area contributed by atoms with E-state index in [0.29, 0.717) is 18.2 Å². The molecule has 1 N–H and O–H groups in total. The molecule has 0 aromatic rings. The van der Waals surface area contributed by atoms with E-state index in [-0.39, 0.29) is 18.0 Å². The second-order valence-electron chi connectivity index (χ2n) is 4.58. The third-order valence-corrected chi connectivity index (χ3v) is 4.98. The van der Waals surface area contributed by atoms with E-state index >= 15 is 0 Å². The molecule has 2 heterocycles.